The predicted octanol–water partition coefficient (Wildman–Crippen LogP) is 4.57. The maximum Gasteiger partial charge on any atom is 0.417 e. The van der Waals surface area contributed by atoms with Crippen molar-refractivity contribution in [3.63, 3.8) is 0 Å². The number of rotatable bonds is 4. The Hall–Kier alpha value is -2.48. The highest BCUT2D eigenvalue weighted by molar-refractivity contribution is 6.33. The maximum absolute atomic E-state index is 12.8. The predicted molar refractivity (Wildman–Crippen MR) is 98.6 cm³/mol. The third-order valence-electron chi connectivity index (χ3n) is 4.40. The quantitative estimate of drug-likeness (QED) is 0.686. The Balaban J connectivity index is 1.98. The van der Waals surface area contributed by atoms with Gasteiger partial charge in [0.25, 0.3) is 0 Å². The normalized spacial score (nSPS) is 14.9. The molecule has 0 aliphatic carbocycles. The second kappa shape index (κ2) is 7.87. The average Bonchev–Trinajstić information content (AvgIpc) is 2.66. The molecule has 5 nitrogen and oxygen atoms in total. The maximum atomic E-state index is 12.8. The molecule has 0 fully saturated rings. The van der Waals surface area contributed by atoms with Gasteiger partial charge < -0.3 is 14.4 Å². The van der Waals surface area contributed by atoms with Gasteiger partial charge in [0.1, 0.15) is 18.4 Å². The van der Waals surface area contributed by atoms with Gasteiger partial charge in [0, 0.05) is 11.8 Å². The summed E-state index contributed by atoms with van der Waals surface area (Å²) < 4.78 is 49.2. The topological polar surface area (TPSA) is 51.7 Å². The van der Waals surface area contributed by atoms with Crippen LogP contribution in [-0.2, 0) is 15.7 Å². The van der Waals surface area contributed by atoms with Crippen LogP contribution >= 0.6 is 11.6 Å². The molecule has 9 heteroatoms. The molecule has 1 aliphatic heterocycles. The molecular weight excluding hydrogens is 397 g/mol. The first-order valence-corrected chi connectivity index (χ1v) is 9.03. The van der Waals surface area contributed by atoms with Crippen LogP contribution in [0.25, 0.3) is 11.3 Å². The monoisotopic (exact) mass is 414 g/mol. The Labute approximate surface area is 165 Å². The van der Waals surface area contributed by atoms with Crippen LogP contribution in [0.4, 0.5) is 18.9 Å². The second-order valence-electron chi connectivity index (χ2n) is 6.20. The summed E-state index contributed by atoms with van der Waals surface area (Å²) >= 11 is 6.06. The Morgan fingerprint density at radius 1 is 1.39 bits per heavy atom. The van der Waals surface area contributed by atoms with Crippen molar-refractivity contribution in [3.05, 3.63) is 41.0 Å². The number of esters is 1. The van der Waals surface area contributed by atoms with Gasteiger partial charge in [-0.3, -0.25) is 4.98 Å². The lowest BCUT2D eigenvalue weighted by atomic mass is 10.1. The van der Waals surface area contributed by atoms with Gasteiger partial charge >= 0.3 is 12.1 Å². The largest absolute Gasteiger partial charge is 0.490 e. The fourth-order valence-corrected chi connectivity index (χ4v) is 3.26. The zero-order valence-corrected chi connectivity index (χ0v) is 16.0. The number of carbonyl (C=O) groups excluding carboxylic acids is 1. The van der Waals surface area contributed by atoms with E-state index < -0.39 is 17.8 Å². The number of alkyl halides is 3. The minimum Gasteiger partial charge on any atom is -0.490 e. The van der Waals surface area contributed by atoms with E-state index >= 15 is 0 Å². The van der Waals surface area contributed by atoms with Crippen molar-refractivity contribution in [2.24, 2.45) is 0 Å². The first kappa shape index (κ1) is 20.3. The fourth-order valence-electron chi connectivity index (χ4n) is 2.98. The first-order valence-electron chi connectivity index (χ1n) is 8.65. The van der Waals surface area contributed by atoms with Crippen LogP contribution in [0.15, 0.2) is 30.5 Å². The first-order chi connectivity index (χ1) is 13.2. The Bertz CT molecular complexity index is 889. The molecule has 1 atom stereocenters. The van der Waals surface area contributed by atoms with Crippen molar-refractivity contribution in [1.82, 2.24) is 4.98 Å². The molecule has 0 saturated carbocycles. The van der Waals surface area contributed by atoms with Gasteiger partial charge in [0.05, 0.1) is 35.1 Å². The number of benzene rings is 1. The second-order valence-corrected chi connectivity index (χ2v) is 6.61. The lowest BCUT2D eigenvalue weighted by molar-refractivity contribution is -0.144. The van der Waals surface area contributed by atoms with E-state index in [1.165, 1.54) is 0 Å². The average molecular weight is 415 g/mol. The molecule has 0 radical (unpaired) electrons. The van der Waals surface area contributed by atoms with Gasteiger partial charge in [-0.25, -0.2) is 4.79 Å². The molecule has 150 valence electrons. The molecule has 0 saturated heterocycles. The number of hydrogen-bond donors (Lipinski definition) is 0. The van der Waals surface area contributed by atoms with Crippen molar-refractivity contribution in [1.29, 1.82) is 0 Å². The van der Waals surface area contributed by atoms with E-state index in [-0.39, 0.29) is 23.3 Å². The molecule has 0 N–H and O–H groups in total. The van der Waals surface area contributed by atoms with Crippen molar-refractivity contribution in [2.75, 3.05) is 24.7 Å². The van der Waals surface area contributed by atoms with Gasteiger partial charge in [0.15, 0.2) is 0 Å². The van der Waals surface area contributed by atoms with E-state index in [0.717, 1.165) is 12.3 Å². The van der Waals surface area contributed by atoms with E-state index in [9.17, 15) is 18.0 Å². The van der Waals surface area contributed by atoms with Crippen LogP contribution in [-0.4, -0.2) is 36.8 Å². The number of hydrogen-bond acceptors (Lipinski definition) is 5. The molecular formula is C19H18ClF3N2O3. The summed E-state index contributed by atoms with van der Waals surface area (Å²) in [6.07, 6.45) is -3.78. The van der Waals surface area contributed by atoms with E-state index in [1.54, 1.807) is 32.0 Å². The molecule has 1 aliphatic rings. The molecule has 1 aromatic carbocycles. The van der Waals surface area contributed by atoms with Gasteiger partial charge in [-0.15, -0.1) is 0 Å². The number of nitrogens with zero attached hydrogens (tertiary/aromatic N) is 2. The minimum absolute atomic E-state index is 0.114. The molecule has 1 aromatic heterocycles. The van der Waals surface area contributed by atoms with Crippen LogP contribution in [0.3, 0.4) is 0 Å². The molecule has 3 rings (SSSR count). The van der Waals surface area contributed by atoms with Crippen molar-refractivity contribution in [2.45, 2.75) is 26.1 Å². The third-order valence-corrected chi connectivity index (χ3v) is 4.68. The molecule has 2 heterocycles. The van der Waals surface area contributed by atoms with Gasteiger partial charge in [-0.2, -0.15) is 13.2 Å². The van der Waals surface area contributed by atoms with Crippen molar-refractivity contribution >= 4 is 23.3 Å². The van der Waals surface area contributed by atoms with E-state index in [0.29, 0.717) is 30.2 Å². The van der Waals surface area contributed by atoms with Crippen molar-refractivity contribution < 1.29 is 27.4 Å². The molecule has 0 spiro atoms. The summed E-state index contributed by atoms with van der Waals surface area (Å²) in [5.74, 6) is 0.195. The van der Waals surface area contributed by atoms with Crippen LogP contribution in [0.1, 0.15) is 19.4 Å². The molecule has 2 aromatic rings. The molecule has 1 unspecified atom stereocenters. The summed E-state index contributed by atoms with van der Waals surface area (Å²) in [6, 6.07) is 5.35. The number of fused-ring (bicyclic) bond motifs is 1. The van der Waals surface area contributed by atoms with Gasteiger partial charge in [0.2, 0.25) is 0 Å². The van der Waals surface area contributed by atoms with E-state index in [1.807, 2.05) is 4.90 Å². The number of halogens is 4. The van der Waals surface area contributed by atoms with Crippen LogP contribution in [0, 0.1) is 0 Å². The van der Waals surface area contributed by atoms with Gasteiger partial charge in [-0.1, -0.05) is 11.6 Å². The lowest BCUT2D eigenvalue weighted by Gasteiger charge is -2.35. The summed E-state index contributed by atoms with van der Waals surface area (Å²) in [5.41, 5.74) is 0.443. The summed E-state index contributed by atoms with van der Waals surface area (Å²) in [7, 11) is 0. The van der Waals surface area contributed by atoms with Crippen LogP contribution in [0.5, 0.6) is 5.75 Å². The Morgan fingerprint density at radius 2 is 2.14 bits per heavy atom. The highest BCUT2D eigenvalue weighted by Gasteiger charge is 2.32. The number of anilines is 1. The minimum atomic E-state index is -4.52. The lowest BCUT2D eigenvalue weighted by Crippen LogP contribution is -2.44. The molecule has 28 heavy (non-hydrogen) atoms. The highest BCUT2D eigenvalue weighted by atomic mass is 35.5. The SMILES string of the molecule is CCOC(=O)C(C)N1CCOc2ccc(-c3ncc(C(F)(F)F)cc3Cl)cc21. The van der Waals surface area contributed by atoms with E-state index in [4.69, 9.17) is 21.1 Å². The zero-order chi connectivity index (χ0) is 20.5. The smallest absolute Gasteiger partial charge is 0.417 e. The summed E-state index contributed by atoms with van der Waals surface area (Å²) in [6.45, 7) is 4.59. The van der Waals surface area contributed by atoms with Crippen molar-refractivity contribution in [3.8, 4) is 17.0 Å². The number of pyridine rings is 1. The Kier molecular flexibility index (Phi) is 5.69. The summed E-state index contributed by atoms with van der Waals surface area (Å²) in [4.78, 5) is 17.9. The Morgan fingerprint density at radius 3 is 2.79 bits per heavy atom. The van der Waals surface area contributed by atoms with Crippen LogP contribution < -0.4 is 9.64 Å². The van der Waals surface area contributed by atoms with Crippen LogP contribution in [0.2, 0.25) is 5.02 Å². The standard InChI is InChI=1S/C19H18ClF3N2O3/c1-3-27-18(26)11(2)25-6-7-28-16-5-4-12(8-15(16)25)17-14(20)9-13(10-24-17)19(21,22)23/h4-5,8-11H,3,6-7H2,1-2H3. The van der Waals surface area contributed by atoms with E-state index in [2.05, 4.69) is 4.98 Å². The number of aromatic nitrogens is 1. The molecule has 0 bridgehead atoms. The molecule has 0 amide bonds. The number of ether oxygens (including phenoxy) is 2. The highest BCUT2D eigenvalue weighted by Crippen LogP contribution is 2.39. The van der Waals surface area contributed by atoms with Gasteiger partial charge in [-0.05, 0) is 38.1 Å². The zero-order valence-electron chi connectivity index (χ0n) is 15.2. The third kappa shape index (κ3) is 4.01. The number of carbonyl (C=O) groups is 1. The summed E-state index contributed by atoms with van der Waals surface area (Å²) in [5, 5.41) is -0.114. The fraction of sp³-hybridized carbons (Fsp3) is 0.368.